The van der Waals surface area contributed by atoms with Crippen molar-refractivity contribution in [1.82, 2.24) is 14.8 Å². The Morgan fingerprint density at radius 1 is 1.27 bits per heavy atom. The zero-order chi connectivity index (χ0) is 23.7. The second-order valence-electron chi connectivity index (χ2n) is 7.40. The highest BCUT2D eigenvalue weighted by Crippen LogP contribution is 2.38. The highest BCUT2D eigenvalue weighted by atomic mass is 79.9. The van der Waals surface area contributed by atoms with Gasteiger partial charge in [0.25, 0.3) is 5.69 Å². The fourth-order valence-corrected chi connectivity index (χ4v) is 4.48. The van der Waals surface area contributed by atoms with Gasteiger partial charge in [0.2, 0.25) is 0 Å². The lowest BCUT2D eigenvalue weighted by Crippen LogP contribution is -2.06. The Morgan fingerprint density at radius 3 is 2.79 bits per heavy atom. The first-order valence-corrected chi connectivity index (χ1v) is 10.7. The minimum atomic E-state index is -0.546. The Morgan fingerprint density at radius 2 is 2.06 bits per heavy atom. The van der Waals surface area contributed by atoms with Crippen molar-refractivity contribution in [2.24, 2.45) is 7.05 Å². The summed E-state index contributed by atoms with van der Waals surface area (Å²) in [6, 6.07) is 9.54. The lowest BCUT2D eigenvalue weighted by atomic mass is 9.98. The highest BCUT2D eigenvalue weighted by molar-refractivity contribution is 9.10. The van der Waals surface area contributed by atoms with Crippen LogP contribution in [0.25, 0.3) is 22.2 Å². The molecule has 2 N–H and O–H groups in total. The van der Waals surface area contributed by atoms with Gasteiger partial charge in [-0.05, 0) is 52.7 Å². The van der Waals surface area contributed by atoms with Crippen molar-refractivity contribution in [2.45, 2.75) is 13.3 Å². The van der Waals surface area contributed by atoms with E-state index in [4.69, 9.17) is 5.73 Å². The molecule has 33 heavy (non-hydrogen) atoms. The van der Waals surface area contributed by atoms with Gasteiger partial charge in [-0.3, -0.25) is 19.8 Å². The number of hydrogen-bond acceptors (Lipinski definition) is 6. The molecular weight excluding hydrogens is 486 g/mol. The van der Waals surface area contributed by atoms with E-state index >= 15 is 0 Å². The zero-order valence-corrected chi connectivity index (χ0v) is 19.4. The lowest BCUT2D eigenvalue weighted by Gasteiger charge is -2.12. The SMILES string of the molecule is Cc1c(CC=O)c(Br)c(C#Cc2ccnc(-c3ccc4c(cnn4C)c3)c2)c(N)c1[N+](=O)[O-]. The first-order chi connectivity index (χ1) is 15.8. The highest BCUT2D eigenvalue weighted by Gasteiger charge is 2.25. The van der Waals surface area contributed by atoms with E-state index in [1.165, 1.54) is 0 Å². The van der Waals surface area contributed by atoms with Crippen LogP contribution in [0.15, 0.2) is 47.2 Å². The Bertz CT molecular complexity index is 1500. The molecule has 0 saturated heterocycles. The predicted molar refractivity (Wildman–Crippen MR) is 130 cm³/mol. The Labute approximate surface area is 197 Å². The Kier molecular flexibility index (Phi) is 5.94. The molecule has 0 fully saturated rings. The van der Waals surface area contributed by atoms with E-state index in [2.05, 4.69) is 37.9 Å². The smallest absolute Gasteiger partial charge is 0.296 e. The average molecular weight is 504 g/mol. The Hall–Kier alpha value is -4.03. The molecular formula is C24H18BrN5O3. The van der Waals surface area contributed by atoms with Gasteiger partial charge in [0.05, 0.1) is 27.9 Å². The number of halogens is 1. The number of nitro benzene ring substituents is 1. The number of hydrogen-bond donors (Lipinski definition) is 1. The number of carbonyl (C=O) groups excluding carboxylic acids is 1. The fraction of sp³-hybridized carbons (Fsp3) is 0.125. The van der Waals surface area contributed by atoms with Crippen molar-refractivity contribution < 1.29 is 9.72 Å². The molecule has 164 valence electrons. The van der Waals surface area contributed by atoms with Gasteiger partial charge in [-0.15, -0.1) is 0 Å². The van der Waals surface area contributed by atoms with Crippen LogP contribution in [0.3, 0.4) is 0 Å². The number of nitrogen functional groups attached to an aromatic ring is 1. The van der Waals surface area contributed by atoms with Crippen molar-refractivity contribution in [3.8, 4) is 23.1 Å². The summed E-state index contributed by atoms with van der Waals surface area (Å²) in [5, 5.41) is 16.9. The van der Waals surface area contributed by atoms with Crippen LogP contribution in [-0.4, -0.2) is 26.0 Å². The maximum Gasteiger partial charge on any atom is 0.296 e. The van der Waals surface area contributed by atoms with Gasteiger partial charge in [-0.2, -0.15) is 5.10 Å². The number of carbonyl (C=O) groups is 1. The molecule has 2 heterocycles. The average Bonchev–Trinajstić information content (AvgIpc) is 3.16. The summed E-state index contributed by atoms with van der Waals surface area (Å²) in [7, 11) is 1.89. The summed E-state index contributed by atoms with van der Waals surface area (Å²) in [6.45, 7) is 1.57. The van der Waals surface area contributed by atoms with Gasteiger partial charge in [-0.25, -0.2) is 0 Å². The van der Waals surface area contributed by atoms with Gasteiger partial charge in [-0.1, -0.05) is 17.9 Å². The van der Waals surface area contributed by atoms with Crippen LogP contribution in [-0.2, 0) is 18.3 Å². The van der Waals surface area contributed by atoms with Crippen molar-refractivity contribution in [3.05, 3.63) is 79.6 Å². The molecule has 4 aromatic rings. The fourth-order valence-electron chi connectivity index (χ4n) is 3.70. The number of nitrogens with zero attached hydrogens (tertiary/aromatic N) is 4. The first-order valence-electron chi connectivity index (χ1n) is 9.90. The second-order valence-corrected chi connectivity index (χ2v) is 8.20. The number of nitrogens with two attached hydrogens (primary N) is 1. The number of aryl methyl sites for hydroxylation is 1. The molecule has 0 radical (unpaired) electrons. The molecule has 0 amide bonds. The number of nitro groups is 1. The third-order valence-electron chi connectivity index (χ3n) is 5.42. The molecule has 0 aliphatic carbocycles. The molecule has 2 aromatic heterocycles. The topological polar surface area (TPSA) is 117 Å². The van der Waals surface area contributed by atoms with Crippen LogP contribution in [0.2, 0.25) is 0 Å². The van der Waals surface area contributed by atoms with E-state index in [-0.39, 0.29) is 23.4 Å². The van der Waals surface area contributed by atoms with E-state index in [0.29, 0.717) is 27.4 Å². The summed E-state index contributed by atoms with van der Waals surface area (Å²) in [4.78, 5) is 26.6. The largest absolute Gasteiger partial charge is 0.392 e. The van der Waals surface area contributed by atoms with Crippen molar-refractivity contribution >= 4 is 44.5 Å². The zero-order valence-electron chi connectivity index (χ0n) is 17.8. The van der Waals surface area contributed by atoms with Gasteiger partial charge < -0.3 is 10.5 Å². The molecule has 0 unspecified atom stereocenters. The van der Waals surface area contributed by atoms with Gasteiger partial charge >= 0.3 is 0 Å². The van der Waals surface area contributed by atoms with Crippen LogP contribution >= 0.6 is 15.9 Å². The summed E-state index contributed by atoms with van der Waals surface area (Å²) in [5.74, 6) is 5.97. The minimum Gasteiger partial charge on any atom is -0.392 e. The monoisotopic (exact) mass is 503 g/mol. The quantitative estimate of drug-likeness (QED) is 0.145. The van der Waals surface area contributed by atoms with E-state index in [9.17, 15) is 14.9 Å². The number of anilines is 1. The van der Waals surface area contributed by atoms with Crippen molar-refractivity contribution in [1.29, 1.82) is 0 Å². The number of aromatic nitrogens is 3. The molecule has 4 rings (SSSR count). The van der Waals surface area contributed by atoms with Crippen LogP contribution in [0, 0.1) is 28.9 Å². The normalized spacial score (nSPS) is 10.6. The molecule has 0 saturated carbocycles. The summed E-state index contributed by atoms with van der Waals surface area (Å²) in [6.07, 6.45) is 4.15. The standard InChI is InChI=1S/C24H18BrN5O3/c1-14-18(8-10-31)22(25)19(23(26)24(14)30(32)33)5-3-15-7-9-27-20(11-15)16-4-6-21-17(12-16)13-28-29(21)2/h4,6-7,9-13H,8,26H2,1-2H3. The molecule has 2 aromatic carbocycles. The molecule has 0 aliphatic rings. The summed E-state index contributed by atoms with van der Waals surface area (Å²) < 4.78 is 2.29. The van der Waals surface area contributed by atoms with E-state index in [0.717, 1.165) is 22.2 Å². The first kappa shape index (κ1) is 22.2. The second kappa shape index (κ2) is 8.84. The van der Waals surface area contributed by atoms with Gasteiger partial charge in [0, 0.05) is 46.2 Å². The summed E-state index contributed by atoms with van der Waals surface area (Å²) in [5.41, 5.74) is 10.3. The third-order valence-corrected chi connectivity index (χ3v) is 6.30. The van der Waals surface area contributed by atoms with Crippen LogP contribution in [0.1, 0.15) is 22.3 Å². The number of benzene rings is 2. The Balaban J connectivity index is 1.78. The van der Waals surface area contributed by atoms with Crippen molar-refractivity contribution in [2.75, 3.05) is 5.73 Å². The predicted octanol–water partition coefficient (Wildman–Crippen LogP) is 4.34. The number of fused-ring (bicyclic) bond motifs is 1. The summed E-state index contributed by atoms with van der Waals surface area (Å²) >= 11 is 3.43. The molecule has 9 heteroatoms. The number of pyridine rings is 1. The maximum atomic E-state index is 11.6. The molecule has 0 spiro atoms. The number of rotatable bonds is 4. The van der Waals surface area contributed by atoms with Gasteiger partial charge in [0.1, 0.15) is 12.0 Å². The third kappa shape index (κ3) is 4.08. The van der Waals surface area contributed by atoms with E-state index in [1.807, 2.05) is 31.3 Å². The van der Waals surface area contributed by atoms with E-state index in [1.54, 1.807) is 30.1 Å². The van der Waals surface area contributed by atoms with Gasteiger partial charge in [0.15, 0.2) is 0 Å². The van der Waals surface area contributed by atoms with Crippen molar-refractivity contribution in [3.63, 3.8) is 0 Å². The molecule has 0 aliphatic heterocycles. The maximum absolute atomic E-state index is 11.6. The lowest BCUT2D eigenvalue weighted by molar-refractivity contribution is -0.384. The van der Waals surface area contributed by atoms with Crippen LogP contribution in [0.4, 0.5) is 11.4 Å². The van der Waals surface area contributed by atoms with Crippen LogP contribution < -0.4 is 5.73 Å². The molecule has 0 atom stereocenters. The molecule has 0 bridgehead atoms. The number of aldehydes is 1. The van der Waals surface area contributed by atoms with Crippen LogP contribution in [0.5, 0.6) is 0 Å². The molecule has 8 nitrogen and oxygen atoms in total. The minimum absolute atomic E-state index is 0.0123. The van der Waals surface area contributed by atoms with E-state index < -0.39 is 4.92 Å².